The van der Waals surface area contributed by atoms with Crippen LogP contribution in [0.3, 0.4) is 0 Å². The topological polar surface area (TPSA) is 39.3 Å². The minimum atomic E-state index is 0.0343. The van der Waals surface area contributed by atoms with Crippen molar-refractivity contribution in [2.24, 2.45) is 5.92 Å². The van der Waals surface area contributed by atoms with E-state index >= 15 is 0 Å². The van der Waals surface area contributed by atoms with Gasteiger partial charge in [0.1, 0.15) is 5.52 Å². The smallest absolute Gasteiger partial charge is 0.276 e. The third-order valence-electron chi connectivity index (χ3n) is 2.91. The van der Waals surface area contributed by atoms with E-state index in [4.69, 9.17) is 0 Å². The summed E-state index contributed by atoms with van der Waals surface area (Å²) in [6.07, 6.45) is 7.55. The molecule has 5 heteroatoms. The molecule has 2 heterocycles. The Hall–Kier alpha value is -1.10. The molecule has 0 N–H and O–H groups in total. The number of hydrogen-bond donors (Lipinski definition) is 0. The van der Waals surface area contributed by atoms with Gasteiger partial charge < -0.3 is 4.57 Å². The maximum atomic E-state index is 12.1. The third kappa shape index (κ3) is 2.60. The lowest BCUT2D eigenvalue weighted by Gasteiger charge is -2.14. The van der Waals surface area contributed by atoms with Gasteiger partial charge in [0.25, 0.3) is 5.56 Å². The minimum Gasteiger partial charge on any atom is -0.312 e. The molecule has 0 bridgehead atoms. The van der Waals surface area contributed by atoms with Crippen LogP contribution in [0.1, 0.15) is 19.8 Å². The predicted molar refractivity (Wildman–Crippen MR) is 71.6 cm³/mol. The molecule has 0 fully saturated rings. The lowest BCUT2D eigenvalue weighted by Crippen LogP contribution is -2.25. The van der Waals surface area contributed by atoms with Crippen LogP contribution in [0.5, 0.6) is 0 Å². The number of halogens is 1. The standard InChI is InChI=1S/C12H16BrN3O/c1-2-3-10(8-13)9-15-6-7-16-11(12(15)17)4-5-14-16/h4-7,10H,2-3,8-9H2,1H3. The number of aromatic nitrogens is 3. The molecule has 0 saturated heterocycles. The van der Waals surface area contributed by atoms with E-state index < -0.39 is 0 Å². The second-order valence-corrected chi connectivity index (χ2v) is 4.87. The summed E-state index contributed by atoms with van der Waals surface area (Å²) in [5.41, 5.74) is 0.671. The van der Waals surface area contributed by atoms with Gasteiger partial charge in [0.05, 0.1) is 6.20 Å². The molecular formula is C12H16BrN3O. The summed E-state index contributed by atoms with van der Waals surface area (Å²) in [6.45, 7) is 2.93. The third-order valence-corrected chi connectivity index (χ3v) is 3.82. The van der Waals surface area contributed by atoms with Crippen molar-refractivity contribution >= 4 is 21.4 Å². The van der Waals surface area contributed by atoms with E-state index in [1.165, 1.54) is 0 Å². The Bertz CT molecular complexity index is 546. The number of hydrogen-bond acceptors (Lipinski definition) is 2. The van der Waals surface area contributed by atoms with Crippen molar-refractivity contribution in [2.45, 2.75) is 26.3 Å². The first-order valence-corrected chi connectivity index (χ1v) is 6.97. The largest absolute Gasteiger partial charge is 0.312 e. The van der Waals surface area contributed by atoms with Gasteiger partial charge in [-0.25, -0.2) is 4.52 Å². The molecule has 1 atom stereocenters. The van der Waals surface area contributed by atoms with Gasteiger partial charge in [-0.3, -0.25) is 4.79 Å². The SMILES string of the molecule is CCCC(CBr)Cn1ccn2nccc2c1=O. The van der Waals surface area contributed by atoms with Crippen molar-refractivity contribution in [3.63, 3.8) is 0 Å². The summed E-state index contributed by atoms with van der Waals surface area (Å²) in [7, 11) is 0. The zero-order valence-corrected chi connectivity index (χ0v) is 11.4. The molecule has 1 unspecified atom stereocenters. The summed E-state index contributed by atoms with van der Waals surface area (Å²) in [6, 6.07) is 1.75. The van der Waals surface area contributed by atoms with Gasteiger partial charge in [0.2, 0.25) is 0 Å². The number of alkyl halides is 1. The first-order chi connectivity index (χ1) is 8.26. The highest BCUT2D eigenvalue weighted by atomic mass is 79.9. The summed E-state index contributed by atoms with van der Waals surface area (Å²) in [5, 5.41) is 4.98. The number of fused-ring (bicyclic) bond motifs is 1. The highest BCUT2D eigenvalue weighted by molar-refractivity contribution is 9.09. The van der Waals surface area contributed by atoms with Crippen molar-refractivity contribution in [3.05, 3.63) is 35.0 Å². The molecule has 0 aliphatic carbocycles. The molecule has 0 radical (unpaired) electrons. The van der Waals surface area contributed by atoms with Crippen LogP contribution in [0.2, 0.25) is 0 Å². The molecule has 92 valence electrons. The van der Waals surface area contributed by atoms with Gasteiger partial charge in [-0.15, -0.1) is 0 Å². The van der Waals surface area contributed by atoms with Crippen molar-refractivity contribution in [3.8, 4) is 0 Å². The average Bonchev–Trinajstić information content (AvgIpc) is 2.80. The van der Waals surface area contributed by atoms with Crippen LogP contribution in [0, 0.1) is 5.92 Å². The Balaban J connectivity index is 2.29. The summed E-state index contributed by atoms with van der Waals surface area (Å²) >= 11 is 3.51. The Morgan fingerprint density at radius 2 is 2.29 bits per heavy atom. The van der Waals surface area contributed by atoms with Crippen LogP contribution in [0.4, 0.5) is 0 Å². The van der Waals surface area contributed by atoms with Gasteiger partial charge in [-0.1, -0.05) is 29.3 Å². The minimum absolute atomic E-state index is 0.0343. The molecule has 2 aromatic heterocycles. The van der Waals surface area contributed by atoms with Crippen LogP contribution < -0.4 is 5.56 Å². The van der Waals surface area contributed by atoms with Crippen LogP contribution in [0.25, 0.3) is 5.52 Å². The second kappa shape index (κ2) is 5.49. The Labute approximate surface area is 108 Å². The first kappa shape index (κ1) is 12.4. The zero-order valence-electron chi connectivity index (χ0n) is 9.84. The Morgan fingerprint density at radius 3 is 3.00 bits per heavy atom. The van der Waals surface area contributed by atoms with E-state index in [9.17, 15) is 4.79 Å². The lowest BCUT2D eigenvalue weighted by molar-refractivity contribution is 0.447. The maximum absolute atomic E-state index is 12.1. The summed E-state index contributed by atoms with van der Waals surface area (Å²) in [4.78, 5) is 12.1. The molecule has 0 amide bonds. The lowest BCUT2D eigenvalue weighted by atomic mass is 10.1. The van der Waals surface area contributed by atoms with Gasteiger partial charge in [-0.05, 0) is 18.4 Å². The van der Waals surface area contributed by atoms with E-state index in [-0.39, 0.29) is 5.56 Å². The number of nitrogens with zero attached hydrogens (tertiary/aromatic N) is 3. The Kier molecular flexibility index (Phi) is 3.99. The highest BCUT2D eigenvalue weighted by Crippen LogP contribution is 2.11. The second-order valence-electron chi connectivity index (χ2n) is 4.23. The fraction of sp³-hybridized carbons (Fsp3) is 0.500. The quantitative estimate of drug-likeness (QED) is 0.795. The van der Waals surface area contributed by atoms with Gasteiger partial charge >= 0.3 is 0 Å². The van der Waals surface area contributed by atoms with Crippen molar-refractivity contribution in [1.29, 1.82) is 0 Å². The fourth-order valence-electron chi connectivity index (χ4n) is 2.01. The van der Waals surface area contributed by atoms with Crippen LogP contribution >= 0.6 is 15.9 Å². The van der Waals surface area contributed by atoms with E-state index in [0.717, 1.165) is 24.7 Å². The van der Waals surface area contributed by atoms with Crippen LogP contribution in [0.15, 0.2) is 29.5 Å². The monoisotopic (exact) mass is 297 g/mol. The van der Waals surface area contributed by atoms with E-state index in [2.05, 4.69) is 28.0 Å². The molecule has 0 saturated carbocycles. The van der Waals surface area contributed by atoms with Crippen molar-refractivity contribution < 1.29 is 0 Å². The van der Waals surface area contributed by atoms with Gasteiger partial charge in [0, 0.05) is 24.3 Å². The highest BCUT2D eigenvalue weighted by Gasteiger charge is 2.09. The average molecular weight is 298 g/mol. The van der Waals surface area contributed by atoms with E-state index in [0.29, 0.717) is 11.4 Å². The summed E-state index contributed by atoms with van der Waals surface area (Å²) in [5.74, 6) is 0.503. The molecule has 4 nitrogen and oxygen atoms in total. The van der Waals surface area contributed by atoms with Crippen molar-refractivity contribution in [1.82, 2.24) is 14.2 Å². The zero-order chi connectivity index (χ0) is 12.3. The first-order valence-electron chi connectivity index (χ1n) is 5.85. The van der Waals surface area contributed by atoms with Gasteiger partial charge in [0.15, 0.2) is 0 Å². The van der Waals surface area contributed by atoms with E-state index in [1.54, 1.807) is 21.3 Å². The molecule has 0 aliphatic rings. The van der Waals surface area contributed by atoms with Crippen LogP contribution in [-0.4, -0.2) is 19.5 Å². The van der Waals surface area contributed by atoms with E-state index in [1.807, 2.05) is 12.4 Å². The Morgan fingerprint density at radius 1 is 1.47 bits per heavy atom. The van der Waals surface area contributed by atoms with Crippen LogP contribution in [-0.2, 0) is 6.54 Å². The molecule has 0 spiro atoms. The number of rotatable bonds is 5. The molecule has 17 heavy (non-hydrogen) atoms. The molecule has 2 rings (SSSR count). The molecule has 2 aromatic rings. The summed E-state index contributed by atoms with van der Waals surface area (Å²) < 4.78 is 3.39. The predicted octanol–water partition coefficient (Wildman–Crippen LogP) is 2.31. The maximum Gasteiger partial charge on any atom is 0.276 e. The molecule has 0 aromatic carbocycles. The fourth-order valence-corrected chi connectivity index (χ4v) is 2.54. The normalized spacial score (nSPS) is 13.1. The van der Waals surface area contributed by atoms with Gasteiger partial charge in [-0.2, -0.15) is 5.10 Å². The molecule has 0 aliphatic heterocycles. The van der Waals surface area contributed by atoms with Crippen molar-refractivity contribution in [2.75, 3.05) is 5.33 Å². The molecular weight excluding hydrogens is 282 g/mol.